The summed E-state index contributed by atoms with van der Waals surface area (Å²) in [5.74, 6) is -1.57. The van der Waals surface area contributed by atoms with Gasteiger partial charge in [0.2, 0.25) is 0 Å². The number of hydrogen-bond acceptors (Lipinski definition) is 2. The van der Waals surface area contributed by atoms with Gasteiger partial charge in [0.1, 0.15) is 0 Å². The van der Waals surface area contributed by atoms with E-state index in [1.54, 1.807) is 30.3 Å². The number of benzene rings is 3. The quantitative estimate of drug-likeness (QED) is 0.462. The molecule has 2 N–H and O–H groups in total. The number of aryl methyl sites for hydroxylation is 1. The molecule has 3 rings (SSSR count). The van der Waals surface area contributed by atoms with E-state index in [0.29, 0.717) is 23.5 Å². The van der Waals surface area contributed by atoms with E-state index >= 15 is 0 Å². The average Bonchev–Trinajstić information content (AvgIpc) is 2.72. The van der Waals surface area contributed by atoms with Gasteiger partial charge in [0, 0.05) is 0 Å². The summed E-state index contributed by atoms with van der Waals surface area (Å²) >= 11 is 0. The Balaban J connectivity index is 2.51. The first-order valence-corrected chi connectivity index (χ1v) is 10.6. The third-order valence-electron chi connectivity index (χ3n) is 5.56. The van der Waals surface area contributed by atoms with Crippen molar-refractivity contribution in [2.24, 2.45) is 5.92 Å². The first-order chi connectivity index (χ1) is 14.8. The highest BCUT2D eigenvalue weighted by atomic mass is 16.4. The Bertz CT molecular complexity index is 1140. The molecule has 160 valence electrons. The monoisotopic (exact) mass is 416 g/mol. The molecule has 0 saturated heterocycles. The third kappa shape index (κ3) is 4.38. The van der Waals surface area contributed by atoms with E-state index in [9.17, 15) is 19.8 Å². The standard InChI is InChI=1S/C27H28O4/c1-5-19-18(14-16(2)3)15-17(4)24(20-10-6-8-12-22(20)26(28)29)25(19)21-11-7-9-13-23(21)27(30)31/h6-13,15-16H,5,14H2,1-4H3,(H,28,29)(H,30,31). The second kappa shape index (κ2) is 9.17. The lowest BCUT2D eigenvalue weighted by atomic mass is 9.80. The number of carboxylic acid groups (broad SMARTS) is 2. The Morgan fingerprint density at radius 2 is 1.32 bits per heavy atom. The molecule has 0 amide bonds. The van der Waals surface area contributed by atoms with Crippen LogP contribution in [0.3, 0.4) is 0 Å². The van der Waals surface area contributed by atoms with Crippen molar-refractivity contribution in [2.45, 2.75) is 40.5 Å². The molecule has 0 radical (unpaired) electrons. The van der Waals surface area contributed by atoms with Gasteiger partial charge in [-0.2, -0.15) is 0 Å². The van der Waals surface area contributed by atoms with Gasteiger partial charge < -0.3 is 10.2 Å². The number of aromatic carboxylic acids is 2. The lowest BCUT2D eigenvalue weighted by Gasteiger charge is -2.24. The van der Waals surface area contributed by atoms with Gasteiger partial charge in [0.05, 0.1) is 11.1 Å². The fourth-order valence-electron chi connectivity index (χ4n) is 4.37. The molecule has 31 heavy (non-hydrogen) atoms. The van der Waals surface area contributed by atoms with Gasteiger partial charge in [-0.3, -0.25) is 0 Å². The van der Waals surface area contributed by atoms with Crippen molar-refractivity contribution in [3.05, 3.63) is 82.4 Å². The second-order valence-electron chi connectivity index (χ2n) is 8.23. The Labute approximate surface area is 183 Å². The minimum atomic E-state index is -1.00. The Kier molecular flexibility index (Phi) is 6.59. The van der Waals surface area contributed by atoms with Crippen molar-refractivity contribution < 1.29 is 19.8 Å². The van der Waals surface area contributed by atoms with Gasteiger partial charge in [-0.15, -0.1) is 0 Å². The minimum Gasteiger partial charge on any atom is -0.478 e. The van der Waals surface area contributed by atoms with Crippen molar-refractivity contribution in [1.82, 2.24) is 0 Å². The van der Waals surface area contributed by atoms with Gasteiger partial charge in [0.15, 0.2) is 0 Å². The van der Waals surface area contributed by atoms with Gasteiger partial charge in [-0.1, -0.05) is 63.2 Å². The predicted octanol–water partition coefficient (Wildman–Crippen LogP) is 6.49. The van der Waals surface area contributed by atoms with Crippen LogP contribution in [0.2, 0.25) is 0 Å². The van der Waals surface area contributed by atoms with E-state index in [1.165, 1.54) is 5.56 Å². The highest BCUT2D eigenvalue weighted by molar-refractivity contribution is 6.04. The second-order valence-corrected chi connectivity index (χ2v) is 8.23. The van der Waals surface area contributed by atoms with E-state index in [4.69, 9.17) is 0 Å². The van der Waals surface area contributed by atoms with Crippen molar-refractivity contribution in [2.75, 3.05) is 0 Å². The Morgan fingerprint density at radius 3 is 1.77 bits per heavy atom. The van der Waals surface area contributed by atoms with E-state index in [-0.39, 0.29) is 11.1 Å². The smallest absolute Gasteiger partial charge is 0.336 e. The normalized spacial score (nSPS) is 11.0. The summed E-state index contributed by atoms with van der Waals surface area (Å²) in [6.07, 6.45) is 1.58. The first kappa shape index (κ1) is 22.3. The van der Waals surface area contributed by atoms with Crippen molar-refractivity contribution in [1.29, 1.82) is 0 Å². The lowest BCUT2D eigenvalue weighted by molar-refractivity contribution is 0.0686. The van der Waals surface area contributed by atoms with Crippen molar-refractivity contribution in [3.63, 3.8) is 0 Å². The molecular weight excluding hydrogens is 388 g/mol. The average molecular weight is 417 g/mol. The van der Waals surface area contributed by atoms with Crippen LogP contribution < -0.4 is 0 Å². The molecule has 0 aliphatic carbocycles. The van der Waals surface area contributed by atoms with Crippen LogP contribution in [0.15, 0.2) is 54.6 Å². The van der Waals surface area contributed by atoms with E-state index in [0.717, 1.165) is 28.7 Å². The number of carboxylic acids is 2. The summed E-state index contributed by atoms with van der Waals surface area (Å²) in [7, 11) is 0. The first-order valence-electron chi connectivity index (χ1n) is 10.6. The highest BCUT2D eigenvalue weighted by Gasteiger charge is 2.24. The topological polar surface area (TPSA) is 74.6 Å². The maximum absolute atomic E-state index is 12.1. The zero-order valence-corrected chi connectivity index (χ0v) is 18.4. The van der Waals surface area contributed by atoms with Gasteiger partial charge >= 0.3 is 11.9 Å². The summed E-state index contributed by atoms with van der Waals surface area (Å²) in [6.45, 7) is 8.36. The largest absolute Gasteiger partial charge is 0.478 e. The van der Waals surface area contributed by atoms with Gasteiger partial charge in [-0.25, -0.2) is 9.59 Å². The molecule has 4 heteroatoms. The molecule has 0 aromatic heterocycles. The molecule has 0 aliphatic rings. The van der Waals surface area contributed by atoms with E-state index in [1.807, 2.05) is 25.1 Å². The molecular formula is C27H28O4. The van der Waals surface area contributed by atoms with Gasteiger partial charge in [-0.05, 0) is 76.8 Å². The molecule has 0 saturated carbocycles. The molecule has 0 aliphatic heterocycles. The molecule has 0 spiro atoms. The summed E-state index contributed by atoms with van der Waals surface area (Å²) in [5, 5.41) is 19.7. The summed E-state index contributed by atoms with van der Waals surface area (Å²) in [5.41, 5.74) is 6.46. The lowest BCUT2D eigenvalue weighted by Crippen LogP contribution is -2.09. The third-order valence-corrected chi connectivity index (χ3v) is 5.56. The van der Waals surface area contributed by atoms with Crippen LogP contribution in [-0.4, -0.2) is 22.2 Å². The molecule has 3 aromatic rings. The number of carbonyl (C=O) groups is 2. The Hall–Kier alpha value is -3.40. The molecule has 3 aromatic carbocycles. The van der Waals surface area contributed by atoms with Crippen LogP contribution in [0.4, 0.5) is 0 Å². The number of hydrogen-bond donors (Lipinski definition) is 2. The summed E-state index contributed by atoms with van der Waals surface area (Å²) in [6, 6.07) is 16.0. The van der Waals surface area contributed by atoms with Crippen molar-refractivity contribution in [3.8, 4) is 22.3 Å². The molecule has 0 fully saturated rings. The van der Waals surface area contributed by atoms with Gasteiger partial charge in [0.25, 0.3) is 0 Å². The zero-order valence-electron chi connectivity index (χ0n) is 18.4. The van der Waals surface area contributed by atoms with E-state index < -0.39 is 11.9 Å². The molecule has 0 atom stereocenters. The SMILES string of the molecule is CCc1c(CC(C)C)cc(C)c(-c2ccccc2C(=O)O)c1-c1ccccc1C(=O)O. The molecule has 4 nitrogen and oxygen atoms in total. The van der Waals surface area contributed by atoms with Crippen LogP contribution in [0.25, 0.3) is 22.3 Å². The van der Waals surface area contributed by atoms with Crippen molar-refractivity contribution >= 4 is 11.9 Å². The molecule has 0 heterocycles. The van der Waals surface area contributed by atoms with Crippen LogP contribution in [0.5, 0.6) is 0 Å². The Morgan fingerprint density at radius 1 is 0.839 bits per heavy atom. The maximum atomic E-state index is 12.1. The highest BCUT2D eigenvalue weighted by Crippen LogP contribution is 2.42. The maximum Gasteiger partial charge on any atom is 0.336 e. The van der Waals surface area contributed by atoms with Crippen LogP contribution in [0, 0.1) is 12.8 Å². The summed E-state index contributed by atoms with van der Waals surface area (Å²) in [4.78, 5) is 24.1. The minimum absolute atomic E-state index is 0.207. The van der Waals surface area contributed by atoms with E-state index in [2.05, 4.69) is 26.8 Å². The predicted molar refractivity (Wildman–Crippen MR) is 124 cm³/mol. The van der Waals surface area contributed by atoms with Crippen LogP contribution in [0.1, 0.15) is 58.2 Å². The number of rotatable bonds is 7. The molecule has 0 unspecified atom stereocenters. The zero-order chi connectivity index (χ0) is 22.7. The molecule has 0 bridgehead atoms. The fourth-order valence-corrected chi connectivity index (χ4v) is 4.37. The summed E-state index contributed by atoms with van der Waals surface area (Å²) < 4.78 is 0. The van der Waals surface area contributed by atoms with Crippen LogP contribution in [-0.2, 0) is 12.8 Å². The van der Waals surface area contributed by atoms with Crippen LogP contribution >= 0.6 is 0 Å². The fraction of sp³-hybridized carbons (Fsp3) is 0.259.